The molecule has 0 aromatic rings. The highest BCUT2D eigenvalue weighted by molar-refractivity contribution is 8.13. The van der Waals surface area contributed by atoms with Crippen LogP contribution in [0.5, 0.6) is 0 Å². The second kappa shape index (κ2) is 5.67. The number of rotatable bonds is 5. The minimum absolute atomic E-state index is 0.0301. The van der Waals surface area contributed by atoms with E-state index in [-0.39, 0.29) is 17.3 Å². The van der Waals surface area contributed by atoms with Crippen molar-refractivity contribution in [1.29, 1.82) is 0 Å². The molecule has 96 valence electrons. The van der Waals surface area contributed by atoms with Gasteiger partial charge in [0.2, 0.25) is 9.05 Å². The van der Waals surface area contributed by atoms with Crippen molar-refractivity contribution in [2.75, 3.05) is 25.6 Å². The van der Waals surface area contributed by atoms with Gasteiger partial charge >= 0.3 is 0 Å². The van der Waals surface area contributed by atoms with Gasteiger partial charge in [0.1, 0.15) is 0 Å². The molecule has 1 rings (SSSR count). The smallest absolute Gasteiger partial charge is 0.233 e. The molecule has 1 aliphatic rings. The number of hydrogen-bond donors (Lipinski definition) is 0. The summed E-state index contributed by atoms with van der Waals surface area (Å²) in [5.74, 6) is -0.0301. The lowest BCUT2D eigenvalue weighted by atomic mass is 9.83. The fraction of sp³-hybridized carbons (Fsp3) is 1.00. The summed E-state index contributed by atoms with van der Waals surface area (Å²) >= 11 is 0. The van der Waals surface area contributed by atoms with Gasteiger partial charge in [0.15, 0.2) is 0 Å². The third-order valence-corrected chi connectivity index (χ3v) is 4.04. The Morgan fingerprint density at radius 3 is 2.38 bits per heavy atom. The van der Waals surface area contributed by atoms with Crippen LogP contribution in [0.25, 0.3) is 0 Å². The van der Waals surface area contributed by atoms with Crippen LogP contribution in [-0.4, -0.2) is 40.1 Å². The average Bonchev–Trinajstić information content (AvgIpc) is 2.14. The van der Waals surface area contributed by atoms with E-state index in [4.69, 9.17) is 20.2 Å². The molecule has 1 saturated heterocycles. The Hall–Kier alpha value is 0.160. The van der Waals surface area contributed by atoms with Gasteiger partial charge in [0.05, 0.1) is 18.5 Å². The first-order valence-corrected chi connectivity index (χ1v) is 7.93. The molecule has 0 unspecified atom stereocenters. The van der Waals surface area contributed by atoms with E-state index in [1.807, 2.05) is 13.8 Å². The molecule has 4 nitrogen and oxygen atoms in total. The van der Waals surface area contributed by atoms with Crippen LogP contribution in [0.15, 0.2) is 0 Å². The van der Waals surface area contributed by atoms with Gasteiger partial charge in [-0.25, -0.2) is 8.42 Å². The summed E-state index contributed by atoms with van der Waals surface area (Å²) in [7, 11) is 1.85. The van der Waals surface area contributed by atoms with Gasteiger partial charge < -0.3 is 9.47 Å². The van der Waals surface area contributed by atoms with Gasteiger partial charge in [-0.15, -0.1) is 0 Å². The Bertz CT molecular complexity index is 307. The summed E-state index contributed by atoms with van der Waals surface area (Å²) < 4.78 is 33.2. The third-order valence-electron chi connectivity index (χ3n) is 2.75. The van der Waals surface area contributed by atoms with Gasteiger partial charge in [-0.3, -0.25) is 0 Å². The van der Waals surface area contributed by atoms with Crippen LogP contribution in [-0.2, 0) is 18.5 Å². The number of halogens is 1. The summed E-state index contributed by atoms with van der Waals surface area (Å²) in [5, 5.41) is 0. The lowest BCUT2D eigenvalue weighted by Gasteiger charge is -2.36. The molecule has 1 heterocycles. The number of hydrogen-bond acceptors (Lipinski definition) is 4. The summed E-state index contributed by atoms with van der Waals surface area (Å²) in [5.41, 5.74) is -0.372. The first-order valence-electron chi connectivity index (χ1n) is 5.45. The second-order valence-corrected chi connectivity index (χ2v) is 7.43. The van der Waals surface area contributed by atoms with Gasteiger partial charge in [-0.05, 0) is 26.7 Å². The van der Waals surface area contributed by atoms with Gasteiger partial charge in [0, 0.05) is 29.3 Å². The second-order valence-electron chi connectivity index (χ2n) is 4.66. The van der Waals surface area contributed by atoms with Crippen LogP contribution in [0.1, 0.15) is 26.7 Å². The van der Waals surface area contributed by atoms with Gasteiger partial charge in [-0.1, -0.05) is 0 Å². The van der Waals surface area contributed by atoms with Crippen molar-refractivity contribution >= 4 is 19.7 Å². The van der Waals surface area contributed by atoms with Crippen LogP contribution < -0.4 is 0 Å². The highest BCUT2D eigenvalue weighted by atomic mass is 35.7. The Morgan fingerprint density at radius 2 is 1.94 bits per heavy atom. The fourth-order valence-electron chi connectivity index (χ4n) is 1.84. The Kier molecular flexibility index (Phi) is 5.04. The zero-order valence-electron chi connectivity index (χ0n) is 9.74. The standard InChI is InChI=1S/C10H19ClO4S/c1-9(2)15-7-10(8-16(11,12)13)3-5-14-6-4-10/h9H,3-8H2,1-2H3. The van der Waals surface area contributed by atoms with Crippen molar-refractivity contribution in [3.05, 3.63) is 0 Å². The summed E-state index contributed by atoms with van der Waals surface area (Å²) in [4.78, 5) is 0. The van der Waals surface area contributed by atoms with E-state index in [1.54, 1.807) is 0 Å². The molecule has 1 fully saturated rings. The molecule has 0 bridgehead atoms. The maximum Gasteiger partial charge on any atom is 0.233 e. The third kappa shape index (κ3) is 4.99. The molecule has 0 spiro atoms. The first kappa shape index (κ1) is 14.2. The first-order chi connectivity index (χ1) is 7.33. The molecule has 0 saturated carbocycles. The minimum Gasteiger partial charge on any atom is -0.381 e. The molecular weight excluding hydrogens is 252 g/mol. The van der Waals surface area contributed by atoms with Gasteiger partial charge in [0.25, 0.3) is 0 Å². The lowest BCUT2D eigenvalue weighted by Crippen LogP contribution is -2.39. The predicted octanol–water partition coefficient (Wildman–Crippen LogP) is 1.78. The van der Waals surface area contributed by atoms with Crippen LogP contribution in [0, 0.1) is 5.41 Å². The highest BCUT2D eigenvalue weighted by Crippen LogP contribution is 2.33. The molecule has 0 atom stereocenters. The van der Waals surface area contributed by atoms with Crippen molar-refractivity contribution in [3.63, 3.8) is 0 Å². The predicted molar refractivity (Wildman–Crippen MR) is 63.2 cm³/mol. The molecule has 6 heteroatoms. The van der Waals surface area contributed by atoms with E-state index in [0.29, 0.717) is 32.7 Å². The van der Waals surface area contributed by atoms with E-state index in [9.17, 15) is 8.42 Å². The fourth-order valence-corrected chi connectivity index (χ4v) is 3.64. The molecule has 0 radical (unpaired) electrons. The van der Waals surface area contributed by atoms with Crippen molar-refractivity contribution in [2.24, 2.45) is 5.41 Å². The molecule has 0 aromatic carbocycles. The molecule has 16 heavy (non-hydrogen) atoms. The van der Waals surface area contributed by atoms with E-state index in [0.717, 1.165) is 0 Å². The lowest BCUT2D eigenvalue weighted by molar-refractivity contribution is -0.0442. The topological polar surface area (TPSA) is 52.6 Å². The van der Waals surface area contributed by atoms with Crippen molar-refractivity contribution in [1.82, 2.24) is 0 Å². The largest absolute Gasteiger partial charge is 0.381 e. The summed E-state index contributed by atoms with van der Waals surface area (Å²) in [6.07, 6.45) is 1.47. The van der Waals surface area contributed by atoms with Crippen LogP contribution in [0.4, 0.5) is 0 Å². The zero-order valence-corrected chi connectivity index (χ0v) is 11.3. The van der Waals surface area contributed by atoms with E-state index in [2.05, 4.69) is 0 Å². The Morgan fingerprint density at radius 1 is 1.38 bits per heavy atom. The quantitative estimate of drug-likeness (QED) is 0.715. The van der Waals surface area contributed by atoms with E-state index >= 15 is 0 Å². The average molecular weight is 271 g/mol. The molecule has 0 aliphatic carbocycles. The maximum atomic E-state index is 11.2. The Labute approximate surface area is 102 Å². The summed E-state index contributed by atoms with van der Waals surface area (Å²) in [6.45, 7) is 5.45. The van der Waals surface area contributed by atoms with Gasteiger partial charge in [-0.2, -0.15) is 0 Å². The zero-order chi connectivity index (χ0) is 12.2. The normalized spacial score (nSPS) is 21.2. The molecule has 0 N–H and O–H groups in total. The van der Waals surface area contributed by atoms with Crippen LogP contribution in [0.3, 0.4) is 0 Å². The van der Waals surface area contributed by atoms with Crippen LogP contribution >= 0.6 is 10.7 Å². The molecule has 0 amide bonds. The van der Waals surface area contributed by atoms with E-state index < -0.39 is 9.05 Å². The van der Waals surface area contributed by atoms with Crippen molar-refractivity contribution in [2.45, 2.75) is 32.8 Å². The molecular formula is C10H19ClO4S. The minimum atomic E-state index is -3.49. The molecule has 0 aromatic heterocycles. The SMILES string of the molecule is CC(C)OCC1(CS(=O)(=O)Cl)CCOCC1. The van der Waals surface area contributed by atoms with Crippen molar-refractivity contribution in [3.8, 4) is 0 Å². The van der Waals surface area contributed by atoms with Crippen LogP contribution in [0.2, 0.25) is 0 Å². The Balaban J connectivity index is 2.67. The highest BCUT2D eigenvalue weighted by Gasteiger charge is 2.37. The summed E-state index contributed by atoms with van der Waals surface area (Å²) in [6, 6.07) is 0. The monoisotopic (exact) mass is 270 g/mol. The maximum absolute atomic E-state index is 11.2. The van der Waals surface area contributed by atoms with E-state index in [1.165, 1.54) is 0 Å². The van der Waals surface area contributed by atoms with Crippen molar-refractivity contribution < 1.29 is 17.9 Å². The number of ether oxygens (including phenoxy) is 2. The molecule has 1 aliphatic heterocycles.